The quantitative estimate of drug-likeness (QED) is 0.678. The van der Waals surface area contributed by atoms with Crippen LogP contribution < -0.4 is 0 Å². The van der Waals surface area contributed by atoms with Gasteiger partial charge < -0.3 is 4.74 Å². The van der Waals surface area contributed by atoms with E-state index in [1.165, 1.54) is 5.56 Å². The second kappa shape index (κ2) is 6.05. The Balaban J connectivity index is 2.52. The molecule has 1 rings (SSSR count). The highest BCUT2D eigenvalue weighted by atomic mass is 35.5. The van der Waals surface area contributed by atoms with E-state index < -0.39 is 0 Å². The fourth-order valence-electron chi connectivity index (χ4n) is 1.42. The lowest BCUT2D eigenvalue weighted by Crippen LogP contribution is -2.06. The summed E-state index contributed by atoms with van der Waals surface area (Å²) < 4.78 is 5.04. The lowest BCUT2D eigenvalue weighted by molar-refractivity contribution is 0.179. The van der Waals surface area contributed by atoms with Crippen LogP contribution in [-0.2, 0) is 4.74 Å². The number of methoxy groups -OCH3 is 1. The van der Waals surface area contributed by atoms with Gasteiger partial charge in [0.15, 0.2) is 0 Å². The van der Waals surface area contributed by atoms with Crippen molar-refractivity contribution in [3.63, 3.8) is 0 Å². The third-order valence-corrected chi connectivity index (χ3v) is 3.08. The standard InChI is InChI=1S/C12H17ClO/c1-10(8-9-14-2)12(13)11-6-4-3-5-7-11/h3-7,10,12H,8-9H2,1-2H3. The summed E-state index contributed by atoms with van der Waals surface area (Å²) in [5.74, 6) is 0.444. The zero-order valence-corrected chi connectivity index (χ0v) is 9.50. The molecule has 0 spiro atoms. The summed E-state index contributed by atoms with van der Waals surface area (Å²) in [7, 11) is 1.72. The normalized spacial score (nSPS) is 15.1. The minimum Gasteiger partial charge on any atom is -0.385 e. The summed E-state index contributed by atoms with van der Waals surface area (Å²) in [5, 5.41) is 0.0892. The Bertz CT molecular complexity index is 248. The molecule has 0 radical (unpaired) electrons. The van der Waals surface area contributed by atoms with Gasteiger partial charge in [-0.15, -0.1) is 11.6 Å². The van der Waals surface area contributed by atoms with Crippen molar-refractivity contribution in [2.45, 2.75) is 18.7 Å². The number of benzene rings is 1. The number of ether oxygens (including phenoxy) is 1. The highest BCUT2D eigenvalue weighted by Gasteiger charge is 2.15. The molecule has 0 bridgehead atoms. The molecule has 0 saturated carbocycles. The first-order valence-corrected chi connectivity index (χ1v) is 5.37. The maximum Gasteiger partial charge on any atom is 0.0611 e. The van der Waals surface area contributed by atoms with Crippen molar-refractivity contribution in [2.75, 3.05) is 13.7 Å². The maximum atomic E-state index is 6.34. The largest absolute Gasteiger partial charge is 0.385 e. The van der Waals surface area contributed by atoms with Gasteiger partial charge in [0, 0.05) is 13.7 Å². The summed E-state index contributed by atoms with van der Waals surface area (Å²) >= 11 is 6.34. The van der Waals surface area contributed by atoms with Crippen LogP contribution in [0.3, 0.4) is 0 Å². The van der Waals surface area contributed by atoms with E-state index in [9.17, 15) is 0 Å². The summed E-state index contributed by atoms with van der Waals surface area (Å²) in [4.78, 5) is 0. The van der Waals surface area contributed by atoms with Gasteiger partial charge in [0.1, 0.15) is 0 Å². The Morgan fingerprint density at radius 3 is 2.50 bits per heavy atom. The molecule has 0 aliphatic heterocycles. The van der Waals surface area contributed by atoms with Crippen LogP contribution in [0.15, 0.2) is 30.3 Å². The molecule has 0 saturated heterocycles. The van der Waals surface area contributed by atoms with Gasteiger partial charge in [-0.05, 0) is 17.9 Å². The van der Waals surface area contributed by atoms with Gasteiger partial charge in [0.2, 0.25) is 0 Å². The molecule has 1 aromatic rings. The Morgan fingerprint density at radius 1 is 1.29 bits per heavy atom. The van der Waals surface area contributed by atoms with Crippen LogP contribution in [0.25, 0.3) is 0 Å². The minimum atomic E-state index is 0.0892. The lowest BCUT2D eigenvalue weighted by Gasteiger charge is -2.17. The number of alkyl halides is 1. The molecule has 0 aliphatic carbocycles. The second-order valence-electron chi connectivity index (χ2n) is 3.57. The summed E-state index contributed by atoms with van der Waals surface area (Å²) in [6, 6.07) is 10.2. The van der Waals surface area contributed by atoms with Crippen LogP contribution in [0.5, 0.6) is 0 Å². The summed E-state index contributed by atoms with van der Waals surface area (Å²) in [6.45, 7) is 2.93. The molecule has 2 unspecified atom stereocenters. The highest BCUT2D eigenvalue weighted by Crippen LogP contribution is 2.30. The molecular formula is C12H17ClO. The predicted molar refractivity (Wildman–Crippen MR) is 60.7 cm³/mol. The van der Waals surface area contributed by atoms with Gasteiger partial charge in [-0.1, -0.05) is 37.3 Å². The second-order valence-corrected chi connectivity index (χ2v) is 4.04. The number of rotatable bonds is 5. The molecule has 1 aromatic carbocycles. The van der Waals surface area contributed by atoms with Gasteiger partial charge in [0.05, 0.1) is 5.38 Å². The lowest BCUT2D eigenvalue weighted by atomic mass is 9.98. The first-order chi connectivity index (χ1) is 6.75. The molecule has 0 aliphatic rings. The molecule has 2 atom stereocenters. The average molecular weight is 213 g/mol. The smallest absolute Gasteiger partial charge is 0.0611 e. The van der Waals surface area contributed by atoms with E-state index in [4.69, 9.17) is 16.3 Å². The predicted octanol–water partition coefficient (Wildman–Crippen LogP) is 3.64. The number of hydrogen-bond donors (Lipinski definition) is 0. The third kappa shape index (κ3) is 3.32. The van der Waals surface area contributed by atoms with Crippen molar-refractivity contribution in [3.8, 4) is 0 Å². The van der Waals surface area contributed by atoms with Gasteiger partial charge >= 0.3 is 0 Å². The van der Waals surface area contributed by atoms with Crippen molar-refractivity contribution >= 4 is 11.6 Å². The monoisotopic (exact) mass is 212 g/mol. The van der Waals surface area contributed by atoms with Crippen molar-refractivity contribution in [1.29, 1.82) is 0 Å². The molecule has 78 valence electrons. The van der Waals surface area contributed by atoms with Gasteiger partial charge in [0.25, 0.3) is 0 Å². The van der Waals surface area contributed by atoms with Crippen molar-refractivity contribution in [3.05, 3.63) is 35.9 Å². The molecule has 0 heterocycles. The Hall–Kier alpha value is -0.530. The first kappa shape index (κ1) is 11.5. The number of hydrogen-bond acceptors (Lipinski definition) is 1. The topological polar surface area (TPSA) is 9.23 Å². The van der Waals surface area contributed by atoms with E-state index in [1.807, 2.05) is 18.2 Å². The maximum absolute atomic E-state index is 6.34. The van der Waals surface area contributed by atoms with Crippen molar-refractivity contribution in [2.24, 2.45) is 5.92 Å². The van der Waals surface area contributed by atoms with Gasteiger partial charge in [-0.3, -0.25) is 0 Å². The third-order valence-electron chi connectivity index (χ3n) is 2.39. The summed E-state index contributed by atoms with van der Waals surface area (Å²) in [6.07, 6.45) is 1.000. The zero-order chi connectivity index (χ0) is 10.4. The fourth-order valence-corrected chi connectivity index (χ4v) is 1.69. The molecule has 2 heteroatoms. The van der Waals surface area contributed by atoms with Gasteiger partial charge in [-0.2, -0.15) is 0 Å². The van der Waals surface area contributed by atoms with E-state index in [2.05, 4.69) is 19.1 Å². The van der Waals surface area contributed by atoms with Crippen LogP contribution in [0, 0.1) is 5.92 Å². The molecule has 14 heavy (non-hydrogen) atoms. The molecule has 0 N–H and O–H groups in total. The van der Waals surface area contributed by atoms with E-state index in [1.54, 1.807) is 7.11 Å². The van der Waals surface area contributed by atoms with Crippen LogP contribution in [0.4, 0.5) is 0 Å². The molecule has 1 nitrogen and oxygen atoms in total. The van der Waals surface area contributed by atoms with Crippen LogP contribution >= 0.6 is 11.6 Å². The Morgan fingerprint density at radius 2 is 1.93 bits per heavy atom. The van der Waals surface area contributed by atoms with Crippen molar-refractivity contribution < 1.29 is 4.74 Å². The Kier molecular flexibility index (Phi) is 4.99. The SMILES string of the molecule is COCCC(C)C(Cl)c1ccccc1. The first-order valence-electron chi connectivity index (χ1n) is 4.93. The average Bonchev–Trinajstić information content (AvgIpc) is 2.26. The minimum absolute atomic E-state index is 0.0892. The van der Waals surface area contributed by atoms with Crippen molar-refractivity contribution in [1.82, 2.24) is 0 Å². The van der Waals surface area contributed by atoms with Crippen LogP contribution in [-0.4, -0.2) is 13.7 Å². The van der Waals surface area contributed by atoms with Crippen LogP contribution in [0.2, 0.25) is 0 Å². The van der Waals surface area contributed by atoms with Crippen LogP contribution in [0.1, 0.15) is 24.3 Å². The van der Waals surface area contributed by atoms with E-state index >= 15 is 0 Å². The number of halogens is 1. The Labute approximate surface area is 91.0 Å². The molecular weight excluding hydrogens is 196 g/mol. The van der Waals surface area contributed by atoms with Gasteiger partial charge in [-0.25, -0.2) is 0 Å². The molecule has 0 fully saturated rings. The summed E-state index contributed by atoms with van der Waals surface area (Å²) in [5.41, 5.74) is 1.19. The molecule has 0 amide bonds. The fraction of sp³-hybridized carbons (Fsp3) is 0.500. The highest BCUT2D eigenvalue weighted by molar-refractivity contribution is 6.20. The van der Waals surface area contributed by atoms with E-state index in [0.717, 1.165) is 13.0 Å². The van der Waals surface area contributed by atoms with E-state index in [0.29, 0.717) is 5.92 Å². The zero-order valence-electron chi connectivity index (χ0n) is 8.74. The molecule has 0 aromatic heterocycles. The van der Waals surface area contributed by atoms with E-state index in [-0.39, 0.29) is 5.38 Å².